The van der Waals surface area contributed by atoms with E-state index in [0.717, 1.165) is 37.9 Å². The Morgan fingerprint density at radius 2 is 1.74 bits per heavy atom. The summed E-state index contributed by atoms with van der Waals surface area (Å²) in [5, 5.41) is 20.2. The number of hydrogen-bond donors (Lipinski definition) is 2. The van der Waals surface area contributed by atoms with Crippen LogP contribution < -0.4 is 0 Å². The van der Waals surface area contributed by atoms with Gasteiger partial charge in [-0.25, -0.2) is 4.79 Å². The molecule has 1 unspecified atom stereocenters. The second kappa shape index (κ2) is 9.06. The van der Waals surface area contributed by atoms with E-state index >= 15 is 0 Å². The Labute approximate surface area is 203 Å². The van der Waals surface area contributed by atoms with Crippen molar-refractivity contribution in [3.8, 4) is 11.8 Å². The highest BCUT2D eigenvalue weighted by atomic mass is 16.4. The molecule has 4 nitrogen and oxygen atoms in total. The van der Waals surface area contributed by atoms with Gasteiger partial charge in [0.05, 0.1) is 5.56 Å². The molecule has 0 fully saturated rings. The molecule has 2 N–H and O–H groups in total. The van der Waals surface area contributed by atoms with Gasteiger partial charge in [-0.15, -0.1) is 0 Å². The van der Waals surface area contributed by atoms with E-state index in [-0.39, 0.29) is 16.4 Å². The zero-order valence-electron chi connectivity index (χ0n) is 20.9. The molecule has 1 aliphatic heterocycles. The smallest absolute Gasteiger partial charge is 0.335 e. The number of fused-ring (bicyclic) bond motifs is 1. The Morgan fingerprint density at radius 1 is 1.06 bits per heavy atom. The number of aromatic carboxylic acids is 1. The first-order valence-corrected chi connectivity index (χ1v) is 12.1. The number of nitrogens with zero attached hydrogens (tertiary/aromatic N) is 1. The van der Waals surface area contributed by atoms with Crippen LogP contribution in [0.4, 0.5) is 0 Å². The predicted octanol–water partition coefficient (Wildman–Crippen LogP) is 5.54. The van der Waals surface area contributed by atoms with Crippen molar-refractivity contribution in [2.45, 2.75) is 63.9 Å². The molecule has 0 saturated carbocycles. The van der Waals surface area contributed by atoms with E-state index in [1.807, 2.05) is 0 Å². The molecule has 1 atom stereocenters. The standard InChI is InChI=1S/C30H35NO3/c1-29(2)14-15-30(3,4)27-24(21-12-16-31(5)17-13-21)18-23(19-25(27)29)26(32)11-8-20-6-9-22(10-7-20)28(33)34/h6-7,9-10,12,18-19,26,32H,13-17H2,1-5H3,(H,33,34). The van der Waals surface area contributed by atoms with Crippen molar-refractivity contribution in [1.82, 2.24) is 4.90 Å². The van der Waals surface area contributed by atoms with E-state index in [1.165, 1.54) is 34.4 Å². The van der Waals surface area contributed by atoms with Gasteiger partial charge >= 0.3 is 5.97 Å². The van der Waals surface area contributed by atoms with Gasteiger partial charge in [-0.05, 0) is 95.3 Å². The van der Waals surface area contributed by atoms with Gasteiger partial charge in [0.25, 0.3) is 0 Å². The second-order valence-electron chi connectivity index (χ2n) is 11.1. The molecule has 178 valence electrons. The van der Waals surface area contributed by atoms with Crippen molar-refractivity contribution in [2.75, 3.05) is 20.1 Å². The molecule has 2 aliphatic rings. The number of hydrogen-bond acceptors (Lipinski definition) is 3. The lowest BCUT2D eigenvalue weighted by atomic mass is 9.61. The quantitative estimate of drug-likeness (QED) is 0.594. The van der Waals surface area contributed by atoms with Crippen LogP contribution in [0.5, 0.6) is 0 Å². The fourth-order valence-electron chi connectivity index (χ4n) is 5.17. The number of carboxylic acid groups (broad SMARTS) is 1. The minimum absolute atomic E-state index is 0.0292. The molecule has 34 heavy (non-hydrogen) atoms. The number of carboxylic acids is 1. The lowest BCUT2D eigenvalue weighted by Crippen LogP contribution is -2.35. The zero-order chi connectivity index (χ0) is 24.7. The third kappa shape index (κ3) is 4.82. The topological polar surface area (TPSA) is 60.8 Å². The maximum Gasteiger partial charge on any atom is 0.335 e. The first-order chi connectivity index (χ1) is 16.0. The van der Waals surface area contributed by atoms with Crippen molar-refractivity contribution in [2.24, 2.45) is 0 Å². The van der Waals surface area contributed by atoms with E-state index in [2.05, 4.69) is 69.7 Å². The minimum Gasteiger partial charge on any atom is -0.478 e. The van der Waals surface area contributed by atoms with Crippen LogP contribution in [0.2, 0.25) is 0 Å². The number of carbonyl (C=O) groups is 1. The van der Waals surface area contributed by atoms with Gasteiger partial charge in [0, 0.05) is 18.7 Å². The summed E-state index contributed by atoms with van der Waals surface area (Å²) in [6, 6.07) is 10.8. The molecule has 0 aromatic heterocycles. The van der Waals surface area contributed by atoms with Crippen molar-refractivity contribution in [3.63, 3.8) is 0 Å². The van der Waals surface area contributed by atoms with Crippen LogP contribution >= 0.6 is 0 Å². The van der Waals surface area contributed by atoms with Crippen LogP contribution in [-0.2, 0) is 10.8 Å². The summed E-state index contributed by atoms with van der Waals surface area (Å²) in [6.07, 6.45) is 4.66. The normalized spacial score (nSPS) is 19.9. The number of benzene rings is 2. The molecule has 0 amide bonds. The van der Waals surface area contributed by atoms with Crippen LogP contribution in [0.1, 0.15) is 91.2 Å². The Kier molecular flexibility index (Phi) is 6.46. The van der Waals surface area contributed by atoms with Crippen LogP contribution in [-0.4, -0.2) is 41.2 Å². The maximum absolute atomic E-state index is 11.1. The van der Waals surface area contributed by atoms with Crippen molar-refractivity contribution in [3.05, 3.63) is 75.9 Å². The minimum atomic E-state index is -0.963. The largest absolute Gasteiger partial charge is 0.478 e. The Balaban J connectivity index is 1.78. The Bertz CT molecular complexity index is 1190. The van der Waals surface area contributed by atoms with Gasteiger partial charge in [-0.2, -0.15) is 0 Å². The summed E-state index contributed by atoms with van der Waals surface area (Å²) in [7, 11) is 2.15. The maximum atomic E-state index is 11.1. The molecular weight excluding hydrogens is 422 g/mol. The van der Waals surface area contributed by atoms with Crippen molar-refractivity contribution in [1.29, 1.82) is 0 Å². The molecule has 0 saturated heterocycles. The highest BCUT2D eigenvalue weighted by molar-refractivity contribution is 5.87. The monoisotopic (exact) mass is 457 g/mol. The molecular formula is C30H35NO3. The fourth-order valence-corrected chi connectivity index (χ4v) is 5.17. The molecule has 2 aromatic rings. The van der Waals surface area contributed by atoms with Gasteiger partial charge in [0.2, 0.25) is 0 Å². The van der Waals surface area contributed by atoms with Gasteiger partial charge in [-0.1, -0.05) is 51.7 Å². The molecule has 1 heterocycles. The van der Waals surface area contributed by atoms with Crippen LogP contribution in [0.15, 0.2) is 42.5 Å². The van der Waals surface area contributed by atoms with E-state index in [9.17, 15) is 9.90 Å². The first kappa shape index (κ1) is 24.3. The predicted molar refractivity (Wildman–Crippen MR) is 137 cm³/mol. The van der Waals surface area contributed by atoms with E-state index < -0.39 is 12.1 Å². The van der Waals surface area contributed by atoms with E-state index in [4.69, 9.17) is 5.11 Å². The number of rotatable bonds is 3. The summed E-state index contributed by atoms with van der Waals surface area (Å²) in [6.45, 7) is 11.3. The fraction of sp³-hybridized carbons (Fsp3) is 0.433. The molecule has 0 spiro atoms. The summed E-state index contributed by atoms with van der Waals surface area (Å²) in [4.78, 5) is 13.4. The first-order valence-electron chi connectivity index (χ1n) is 12.1. The van der Waals surface area contributed by atoms with Crippen molar-refractivity contribution >= 4 is 11.5 Å². The molecule has 2 aromatic carbocycles. The third-order valence-corrected chi connectivity index (χ3v) is 7.50. The molecule has 0 radical (unpaired) electrons. The molecule has 4 heteroatoms. The summed E-state index contributed by atoms with van der Waals surface area (Å²) in [5.74, 6) is 5.04. The average Bonchev–Trinajstić information content (AvgIpc) is 2.80. The van der Waals surface area contributed by atoms with Gasteiger partial charge in [-0.3, -0.25) is 0 Å². The van der Waals surface area contributed by atoms with Crippen molar-refractivity contribution < 1.29 is 15.0 Å². The van der Waals surface area contributed by atoms with Crippen LogP contribution in [0.25, 0.3) is 5.57 Å². The second-order valence-corrected chi connectivity index (χ2v) is 11.1. The summed E-state index contributed by atoms with van der Waals surface area (Å²) < 4.78 is 0. The average molecular weight is 458 g/mol. The molecule has 1 aliphatic carbocycles. The number of aliphatic hydroxyl groups is 1. The van der Waals surface area contributed by atoms with E-state index in [0.29, 0.717) is 5.56 Å². The van der Waals surface area contributed by atoms with Crippen LogP contribution in [0, 0.1) is 11.8 Å². The number of aliphatic hydroxyl groups excluding tert-OH is 1. The van der Waals surface area contributed by atoms with Gasteiger partial charge < -0.3 is 15.1 Å². The third-order valence-electron chi connectivity index (χ3n) is 7.50. The molecule has 0 bridgehead atoms. The Morgan fingerprint density at radius 3 is 2.35 bits per heavy atom. The van der Waals surface area contributed by atoms with Gasteiger partial charge in [0.15, 0.2) is 0 Å². The van der Waals surface area contributed by atoms with E-state index in [1.54, 1.807) is 12.1 Å². The Hall–Kier alpha value is -2.87. The zero-order valence-corrected chi connectivity index (χ0v) is 20.9. The van der Waals surface area contributed by atoms with Crippen LogP contribution in [0.3, 0.4) is 0 Å². The number of likely N-dealkylation sites (N-methyl/N-ethyl adjacent to an activating group) is 1. The highest BCUT2D eigenvalue weighted by Gasteiger charge is 2.39. The van der Waals surface area contributed by atoms with Gasteiger partial charge in [0.1, 0.15) is 6.10 Å². The summed E-state index contributed by atoms with van der Waals surface area (Å²) in [5.41, 5.74) is 7.22. The lowest BCUT2D eigenvalue weighted by Gasteiger charge is -2.44. The molecule has 4 rings (SSSR count). The lowest BCUT2D eigenvalue weighted by molar-refractivity contribution is 0.0697. The SMILES string of the molecule is CN1CC=C(c2cc(C(O)C#Cc3ccc(C(=O)O)cc3)cc3c2C(C)(C)CCC3(C)C)CC1. The highest BCUT2D eigenvalue weighted by Crippen LogP contribution is 2.49. The summed E-state index contributed by atoms with van der Waals surface area (Å²) >= 11 is 0.